The maximum atomic E-state index is 13.0. The van der Waals surface area contributed by atoms with Crippen molar-refractivity contribution in [3.8, 4) is 5.75 Å². The minimum Gasteiger partial charge on any atom is -0.497 e. The number of urea groups is 1. The fourth-order valence-corrected chi connectivity index (χ4v) is 3.35. The zero-order valence-electron chi connectivity index (χ0n) is 17.3. The van der Waals surface area contributed by atoms with E-state index in [1.165, 1.54) is 4.90 Å². The molecule has 158 valence electrons. The Labute approximate surface area is 179 Å². The molecule has 0 aliphatic carbocycles. The second-order valence-electron chi connectivity index (χ2n) is 7.31. The van der Waals surface area contributed by atoms with Gasteiger partial charge < -0.3 is 24.4 Å². The summed E-state index contributed by atoms with van der Waals surface area (Å²) in [5.74, 6) is 1.32. The highest BCUT2D eigenvalue weighted by Crippen LogP contribution is 2.18. The average molecular weight is 417 g/mol. The first-order valence-electron chi connectivity index (χ1n) is 9.87. The topological polar surface area (TPSA) is 87.6 Å². The number of nitrogens with zero attached hydrogens (tertiary/aromatic N) is 1. The second kappa shape index (κ2) is 8.79. The summed E-state index contributed by atoms with van der Waals surface area (Å²) in [5.41, 5.74) is 2.73. The van der Waals surface area contributed by atoms with Crippen LogP contribution in [0.1, 0.15) is 16.9 Å². The van der Waals surface area contributed by atoms with E-state index in [0.29, 0.717) is 22.8 Å². The highest BCUT2D eigenvalue weighted by Gasteiger charge is 2.18. The summed E-state index contributed by atoms with van der Waals surface area (Å²) in [6, 6.07) is 18.0. The molecular formula is C24H23N3O4. The lowest BCUT2D eigenvalue weighted by Crippen LogP contribution is -2.35. The number of methoxy groups -OCH3 is 1. The van der Waals surface area contributed by atoms with Crippen LogP contribution in [0.25, 0.3) is 10.9 Å². The number of aromatic nitrogens is 1. The maximum absolute atomic E-state index is 13.0. The molecule has 4 aromatic rings. The molecule has 0 saturated carbocycles. The van der Waals surface area contributed by atoms with E-state index in [9.17, 15) is 9.59 Å². The molecule has 2 heterocycles. The fraction of sp³-hybridized carbons (Fsp3) is 0.167. The van der Waals surface area contributed by atoms with Crippen LogP contribution < -0.4 is 15.6 Å². The molecule has 7 heteroatoms. The number of benzene rings is 2. The first-order valence-corrected chi connectivity index (χ1v) is 9.87. The number of carbonyl (C=O) groups excluding carboxylic acids is 1. The van der Waals surface area contributed by atoms with Gasteiger partial charge in [0.15, 0.2) is 0 Å². The van der Waals surface area contributed by atoms with Crippen molar-refractivity contribution < 1.29 is 13.9 Å². The van der Waals surface area contributed by atoms with Crippen LogP contribution in [0, 0.1) is 6.92 Å². The number of carbonyl (C=O) groups is 1. The number of fused-ring (bicyclic) bond motifs is 1. The molecule has 0 bridgehead atoms. The molecule has 0 aliphatic rings. The van der Waals surface area contributed by atoms with Crippen LogP contribution in [0.4, 0.5) is 10.5 Å². The Morgan fingerprint density at radius 3 is 2.61 bits per heavy atom. The van der Waals surface area contributed by atoms with Gasteiger partial charge in [0.05, 0.1) is 26.5 Å². The fourth-order valence-electron chi connectivity index (χ4n) is 3.35. The van der Waals surface area contributed by atoms with Crippen molar-refractivity contribution >= 4 is 22.6 Å². The first-order chi connectivity index (χ1) is 15.0. The molecule has 0 saturated heterocycles. The Morgan fingerprint density at radius 1 is 1.10 bits per heavy atom. The van der Waals surface area contributed by atoms with Crippen molar-refractivity contribution in [3.05, 3.63) is 94.2 Å². The Morgan fingerprint density at radius 2 is 1.90 bits per heavy atom. The number of aromatic amines is 1. The van der Waals surface area contributed by atoms with Gasteiger partial charge in [-0.3, -0.25) is 4.79 Å². The lowest BCUT2D eigenvalue weighted by atomic mass is 10.1. The largest absolute Gasteiger partial charge is 0.497 e. The maximum Gasteiger partial charge on any atom is 0.322 e. The van der Waals surface area contributed by atoms with E-state index in [2.05, 4.69) is 10.3 Å². The number of hydrogen-bond donors (Lipinski definition) is 2. The highest BCUT2D eigenvalue weighted by molar-refractivity contribution is 5.89. The van der Waals surface area contributed by atoms with Crippen LogP contribution in [-0.2, 0) is 13.1 Å². The van der Waals surface area contributed by atoms with Gasteiger partial charge in [-0.25, -0.2) is 4.79 Å². The van der Waals surface area contributed by atoms with Gasteiger partial charge in [-0.1, -0.05) is 12.1 Å². The normalized spacial score (nSPS) is 10.8. The summed E-state index contributed by atoms with van der Waals surface area (Å²) in [5, 5.41) is 3.78. The minimum absolute atomic E-state index is 0.127. The van der Waals surface area contributed by atoms with Crippen molar-refractivity contribution in [1.82, 2.24) is 9.88 Å². The molecule has 2 N–H and O–H groups in total. The summed E-state index contributed by atoms with van der Waals surface area (Å²) in [7, 11) is 1.58. The molecule has 31 heavy (non-hydrogen) atoms. The molecule has 4 rings (SSSR count). The number of nitrogens with one attached hydrogen (secondary N) is 2. The highest BCUT2D eigenvalue weighted by atomic mass is 16.5. The molecule has 0 unspecified atom stereocenters. The van der Waals surface area contributed by atoms with Gasteiger partial charge in [0, 0.05) is 16.8 Å². The summed E-state index contributed by atoms with van der Waals surface area (Å²) in [6.45, 7) is 2.32. The van der Waals surface area contributed by atoms with Crippen molar-refractivity contribution in [1.29, 1.82) is 0 Å². The van der Waals surface area contributed by atoms with Crippen LogP contribution in [-0.4, -0.2) is 23.0 Å². The Bertz CT molecular complexity index is 1240. The molecule has 2 amide bonds. The summed E-state index contributed by atoms with van der Waals surface area (Å²) < 4.78 is 10.6. The van der Waals surface area contributed by atoms with Gasteiger partial charge >= 0.3 is 6.03 Å². The quantitative estimate of drug-likeness (QED) is 0.477. The Balaban J connectivity index is 1.60. The molecule has 0 aliphatic heterocycles. The van der Waals surface area contributed by atoms with Gasteiger partial charge in [-0.15, -0.1) is 0 Å². The summed E-state index contributed by atoms with van der Waals surface area (Å²) in [4.78, 5) is 30.2. The second-order valence-corrected chi connectivity index (χ2v) is 7.31. The molecular weight excluding hydrogens is 394 g/mol. The lowest BCUT2D eigenvalue weighted by molar-refractivity contribution is 0.201. The predicted molar refractivity (Wildman–Crippen MR) is 119 cm³/mol. The number of aryl methyl sites for hydroxylation is 1. The van der Waals surface area contributed by atoms with E-state index < -0.39 is 0 Å². The average Bonchev–Trinajstić information content (AvgIpc) is 3.27. The van der Waals surface area contributed by atoms with Gasteiger partial charge in [0.25, 0.3) is 5.56 Å². The molecule has 2 aromatic carbocycles. The van der Waals surface area contributed by atoms with E-state index in [-0.39, 0.29) is 24.7 Å². The first kappa shape index (κ1) is 20.3. The number of rotatable bonds is 6. The minimum atomic E-state index is -0.343. The molecule has 0 spiro atoms. The van der Waals surface area contributed by atoms with Crippen molar-refractivity contribution in [3.63, 3.8) is 0 Å². The van der Waals surface area contributed by atoms with Crippen LogP contribution in [0.2, 0.25) is 0 Å². The third-order valence-electron chi connectivity index (χ3n) is 4.99. The molecule has 7 nitrogen and oxygen atoms in total. The third-order valence-corrected chi connectivity index (χ3v) is 4.99. The monoisotopic (exact) mass is 417 g/mol. The van der Waals surface area contributed by atoms with Gasteiger partial charge in [0.2, 0.25) is 0 Å². The zero-order valence-corrected chi connectivity index (χ0v) is 17.3. The van der Waals surface area contributed by atoms with Crippen molar-refractivity contribution in [2.45, 2.75) is 20.0 Å². The van der Waals surface area contributed by atoms with E-state index in [0.717, 1.165) is 16.5 Å². The van der Waals surface area contributed by atoms with Crippen LogP contribution in [0.15, 0.2) is 76.1 Å². The number of pyridine rings is 1. The zero-order chi connectivity index (χ0) is 21.8. The van der Waals surface area contributed by atoms with E-state index in [1.54, 1.807) is 49.8 Å². The van der Waals surface area contributed by atoms with E-state index in [4.69, 9.17) is 9.15 Å². The third kappa shape index (κ3) is 4.78. The Kier molecular flexibility index (Phi) is 5.75. The predicted octanol–water partition coefficient (Wildman–Crippen LogP) is 4.67. The number of furan rings is 1. The lowest BCUT2D eigenvalue weighted by Gasteiger charge is -2.22. The summed E-state index contributed by atoms with van der Waals surface area (Å²) in [6.07, 6.45) is 1.56. The molecule has 2 aromatic heterocycles. The molecule has 0 fully saturated rings. The Hall–Kier alpha value is -4.00. The standard InChI is InChI=1S/C24H23N3O4/c1-16-5-6-17-13-18(23(28)26-22(17)12-16)14-27(15-21-4-3-11-31-21)24(29)25-19-7-9-20(30-2)10-8-19/h3-13H,14-15H2,1-2H3,(H,25,29)(H,26,28). The number of hydrogen-bond acceptors (Lipinski definition) is 4. The number of amides is 2. The molecule has 0 atom stereocenters. The smallest absolute Gasteiger partial charge is 0.322 e. The van der Waals surface area contributed by atoms with Crippen molar-refractivity contribution in [2.24, 2.45) is 0 Å². The van der Waals surface area contributed by atoms with Crippen LogP contribution in [0.5, 0.6) is 5.75 Å². The summed E-state index contributed by atoms with van der Waals surface area (Å²) >= 11 is 0. The number of H-pyrrole nitrogens is 1. The van der Waals surface area contributed by atoms with Crippen LogP contribution >= 0.6 is 0 Å². The molecule has 0 radical (unpaired) electrons. The SMILES string of the molecule is COc1ccc(NC(=O)N(Cc2ccco2)Cc2cc3ccc(C)cc3[nH]c2=O)cc1. The van der Waals surface area contributed by atoms with Gasteiger partial charge in [0.1, 0.15) is 11.5 Å². The number of ether oxygens (including phenoxy) is 1. The van der Waals surface area contributed by atoms with Crippen molar-refractivity contribution in [2.75, 3.05) is 12.4 Å². The van der Waals surface area contributed by atoms with E-state index >= 15 is 0 Å². The van der Waals surface area contributed by atoms with Gasteiger partial charge in [-0.2, -0.15) is 0 Å². The van der Waals surface area contributed by atoms with Gasteiger partial charge in [-0.05, 0) is 66.4 Å². The van der Waals surface area contributed by atoms with Crippen LogP contribution in [0.3, 0.4) is 0 Å². The number of anilines is 1. The van der Waals surface area contributed by atoms with E-state index in [1.807, 2.05) is 31.2 Å².